The van der Waals surface area contributed by atoms with Crippen LogP contribution in [0.2, 0.25) is 0 Å². The largest absolute Gasteiger partial charge is 0.454 e. The number of hydrogen-bond acceptors (Lipinski definition) is 1. The monoisotopic (exact) mass is 593 g/mol. The van der Waals surface area contributed by atoms with Gasteiger partial charge in [-0.15, -0.1) is 0 Å². The Kier molecular flexibility index (Phi) is 5.73. The van der Waals surface area contributed by atoms with E-state index in [-0.39, 0.29) is 27.7 Å². The summed E-state index contributed by atoms with van der Waals surface area (Å²) in [6, 6.07) is 15.0. The quantitative estimate of drug-likeness (QED) is 0.189. The summed E-state index contributed by atoms with van der Waals surface area (Å²) in [6.45, 7) is 11.9. The molecular weight excluding hydrogens is 541 g/mol. The summed E-state index contributed by atoms with van der Waals surface area (Å²) in [5.41, 5.74) is 4.99. The minimum Gasteiger partial charge on any atom is -0.454 e. The van der Waals surface area contributed by atoms with E-state index in [0.29, 0.717) is 35.0 Å². The van der Waals surface area contributed by atoms with Crippen LogP contribution in [0.3, 0.4) is 0 Å². The van der Waals surface area contributed by atoms with Gasteiger partial charge in [0.15, 0.2) is 6.20 Å². The van der Waals surface area contributed by atoms with Gasteiger partial charge in [-0.3, -0.25) is 0 Å². The van der Waals surface area contributed by atoms with Gasteiger partial charge >= 0.3 is 0 Å². The number of furan rings is 1. The molecule has 0 N–H and O–H groups in total. The Bertz CT molecular complexity index is 2150. The minimum atomic E-state index is -2.16. The molecule has 0 amide bonds. The Morgan fingerprint density at radius 2 is 1.61 bits per heavy atom. The van der Waals surface area contributed by atoms with Gasteiger partial charge in [0.05, 0.1) is 11.1 Å². The maximum Gasteiger partial charge on any atom is 0.216 e. The van der Waals surface area contributed by atoms with E-state index in [9.17, 15) is 6.85 Å². The number of aryl methyl sites for hydroxylation is 2. The van der Waals surface area contributed by atoms with Crippen molar-refractivity contribution in [2.45, 2.75) is 98.7 Å². The van der Waals surface area contributed by atoms with E-state index in [1.807, 2.05) is 20.0 Å². The Hall–Kier alpha value is -3.46. The van der Waals surface area contributed by atoms with E-state index in [1.165, 1.54) is 11.6 Å². The predicted octanol–water partition coefficient (Wildman–Crippen LogP) is 11.0. The summed E-state index contributed by atoms with van der Waals surface area (Å²) < 4.78 is 72.5. The molecule has 3 aromatic carbocycles. The number of hydrogen-bond donors (Lipinski definition) is 0. The van der Waals surface area contributed by atoms with Gasteiger partial charge in [-0.2, -0.15) is 0 Å². The standard InChI is InChI=1S/C41H47FNO/c1-25-13-14-30-31-17-18-34(42)37(29-16-15-28(27-11-9-8-10-12-27)32-23-41(5,6)24-33(29)32)39(31)44-38(30)36(25)35-21-26(19-20-43(35)7)22-40(2,3)4/h13-21,27H,8-12,22-24H2,1-7H3/q+1/i23D2,24D2,27D. The lowest BCUT2D eigenvalue weighted by molar-refractivity contribution is -0.660. The SMILES string of the molecule is [2H]C1(c2ccc(-c3c(F)ccc4c3oc3c(-c5cc(CC(C)(C)C)cc[n+]5C)c(C)ccc34)c3c2C([2H])([2H])C(C)(C)C3([2H])[2H])CCCCC1. The number of halogens is 1. The van der Waals surface area contributed by atoms with Crippen molar-refractivity contribution >= 4 is 21.9 Å². The van der Waals surface area contributed by atoms with E-state index >= 15 is 4.39 Å². The molecule has 3 heteroatoms. The third kappa shape index (κ3) is 5.07. The summed E-state index contributed by atoms with van der Waals surface area (Å²) in [5.74, 6) is -1.59. The maximum absolute atomic E-state index is 16.4. The number of rotatable bonds is 4. The Morgan fingerprint density at radius 1 is 0.932 bits per heavy atom. The summed E-state index contributed by atoms with van der Waals surface area (Å²) >= 11 is 0. The molecule has 0 saturated heterocycles. The first-order chi connectivity index (χ1) is 22.8. The van der Waals surface area contributed by atoms with Crippen LogP contribution in [0.25, 0.3) is 44.3 Å². The van der Waals surface area contributed by atoms with Crippen LogP contribution >= 0.6 is 0 Å². The number of benzene rings is 3. The van der Waals surface area contributed by atoms with Gasteiger partial charge in [0, 0.05) is 29.8 Å². The molecule has 2 aromatic heterocycles. The van der Waals surface area contributed by atoms with Crippen molar-refractivity contribution in [1.29, 1.82) is 0 Å². The van der Waals surface area contributed by atoms with Crippen LogP contribution in [0.4, 0.5) is 4.39 Å². The molecule has 0 bridgehead atoms. The molecule has 5 aromatic rings. The zero-order chi connectivity index (χ0) is 35.5. The molecule has 1 fully saturated rings. The van der Waals surface area contributed by atoms with Crippen LogP contribution in [0.15, 0.2) is 59.1 Å². The van der Waals surface area contributed by atoms with E-state index < -0.39 is 29.9 Å². The normalized spacial score (nSPS) is 21.8. The fourth-order valence-corrected chi connectivity index (χ4v) is 7.40. The molecule has 2 nitrogen and oxygen atoms in total. The van der Waals surface area contributed by atoms with Gasteiger partial charge in [0.25, 0.3) is 0 Å². The zero-order valence-electron chi connectivity index (χ0n) is 32.2. The number of aromatic nitrogens is 1. The molecule has 0 unspecified atom stereocenters. The van der Waals surface area contributed by atoms with E-state index in [4.69, 9.17) is 4.42 Å². The van der Waals surface area contributed by atoms with Gasteiger partial charge in [-0.1, -0.05) is 78.1 Å². The lowest BCUT2D eigenvalue weighted by atomic mass is 9.80. The number of pyridine rings is 1. The van der Waals surface area contributed by atoms with Gasteiger partial charge < -0.3 is 4.42 Å². The first kappa shape index (κ1) is 23.9. The van der Waals surface area contributed by atoms with Crippen molar-refractivity contribution in [2.24, 2.45) is 17.9 Å². The van der Waals surface area contributed by atoms with Crippen LogP contribution in [-0.4, -0.2) is 0 Å². The van der Waals surface area contributed by atoms with Gasteiger partial charge in [-0.05, 0) is 101 Å². The Labute approximate surface area is 269 Å². The highest BCUT2D eigenvalue weighted by Gasteiger charge is 2.35. The van der Waals surface area contributed by atoms with Crippen molar-refractivity contribution in [2.75, 3.05) is 0 Å². The molecule has 44 heavy (non-hydrogen) atoms. The zero-order valence-corrected chi connectivity index (χ0v) is 27.2. The molecule has 1 saturated carbocycles. The summed E-state index contributed by atoms with van der Waals surface area (Å²) in [6.07, 6.45) is 2.64. The van der Waals surface area contributed by atoms with E-state index in [2.05, 4.69) is 49.7 Å². The molecule has 2 heterocycles. The topological polar surface area (TPSA) is 17.0 Å². The first-order valence-corrected chi connectivity index (χ1v) is 16.1. The molecule has 0 atom stereocenters. The van der Waals surface area contributed by atoms with Crippen molar-refractivity contribution in [3.63, 3.8) is 0 Å². The Morgan fingerprint density at radius 3 is 2.34 bits per heavy atom. The molecule has 228 valence electrons. The highest BCUT2D eigenvalue weighted by Crippen LogP contribution is 2.49. The second kappa shape index (κ2) is 10.6. The molecule has 2 aliphatic carbocycles. The maximum atomic E-state index is 16.4. The molecule has 7 rings (SSSR count). The first-order valence-electron chi connectivity index (χ1n) is 18.6. The third-order valence-electron chi connectivity index (χ3n) is 9.36. The summed E-state index contributed by atoms with van der Waals surface area (Å²) in [4.78, 5) is 0. The van der Waals surface area contributed by atoms with Crippen LogP contribution in [0.1, 0.15) is 107 Å². The molecule has 0 spiro atoms. The van der Waals surface area contributed by atoms with Crippen LogP contribution in [0, 0.1) is 23.6 Å². The summed E-state index contributed by atoms with van der Waals surface area (Å²) in [5, 5.41) is 1.54. The fraction of sp³-hybridized carbons (Fsp3) is 0.439. The lowest BCUT2D eigenvalue weighted by Crippen LogP contribution is -2.31. The highest BCUT2D eigenvalue weighted by molar-refractivity contribution is 6.13. The lowest BCUT2D eigenvalue weighted by Gasteiger charge is -2.25. The third-order valence-corrected chi connectivity index (χ3v) is 9.36. The van der Waals surface area contributed by atoms with Gasteiger partial charge in [0.1, 0.15) is 24.0 Å². The second-order valence-corrected chi connectivity index (χ2v) is 14.8. The number of nitrogens with zero attached hydrogens (tertiary/aromatic N) is 1. The highest BCUT2D eigenvalue weighted by atomic mass is 19.1. The molecule has 0 radical (unpaired) electrons. The van der Waals surface area contributed by atoms with E-state index in [0.717, 1.165) is 47.9 Å². The van der Waals surface area contributed by atoms with Gasteiger partial charge in [-0.25, -0.2) is 8.96 Å². The average Bonchev–Trinajstić information content (AvgIpc) is 3.43. The molecule has 0 aliphatic heterocycles. The van der Waals surface area contributed by atoms with Crippen molar-refractivity contribution in [3.05, 3.63) is 88.4 Å². The van der Waals surface area contributed by atoms with Crippen molar-refractivity contribution in [1.82, 2.24) is 0 Å². The Balaban J connectivity index is 1.54. The summed E-state index contributed by atoms with van der Waals surface area (Å²) in [7, 11) is 2.01. The van der Waals surface area contributed by atoms with Crippen molar-refractivity contribution < 1.29 is 20.2 Å². The molecule has 2 aliphatic rings. The predicted molar refractivity (Wildman–Crippen MR) is 181 cm³/mol. The van der Waals surface area contributed by atoms with Gasteiger partial charge in [0.2, 0.25) is 5.69 Å². The van der Waals surface area contributed by atoms with Crippen molar-refractivity contribution in [3.8, 4) is 22.4 Å². The minimum absolute atomic E-state index is 0.103. The van der Waals surface area contributed by atoms with Crippen LogP contribution in [-0.2, 0) is 26.2 Å². The van der Waals surface area contributed by atoms with E-state index in [1.54, 1.807) is 32.0 Å². The number of fused-ring (bicyclic) bond motifs is 4. The fourth-order valence-electron chi connectivity index (χ4n) is 7.40. The second-order valence-electron chi connectivity index (χ2n) is 14.8. The smallest absolute Gasteiger partial charge is 0.216 e. The average molecular weight is 594 g/mol. The van der Waals surface area contributed by atoms with Crippen LogP contribution < -0.4 is 4.57 Å². The molecular formula is C41H47FNO+. The van der Waals surface area contributed by atoms with Crippen LogP contribution in [0.5, 0.6) is 0 Å².